The molecule has 0 aromatic heterocycles. The van der Waals surface area contributed by atoms with Gasteiger partial charge in [-0.3, -0.25) is 5.32 Å². The lowest BCUT2D eigenvalue weighted by molar-refractivity contribution is -0.151. The molecular weight excluding hydrogens is 283 g/mol. The predicted molar refractivity (Wildman–Crippen MR) is 73.7 cm³/mol. The number of ether oxygens (including phenoxy) is 1. The highest BCUT2D eigenvalue weighted by Crippen LogP contribution is 2.32. The van der Waals surface area contributed by atoms with Crippen molar-refractivity contribution in [3.8, 4) is 0 Å². The average molecular weight is 303 g/mol. The zero-order valence-electron chi connectivity index (χ0n) is 12.4. The second-order valence-electron chi connectivity index (χ2n) is 4.85. The maximum absolute atomic E-state index is 12.8. The summed E-state index contributed by atoms with van der Waals surface area (Å²) < 4.78 is 43.5. The van der Waals surface area contributed by atoms with Gasteiger partial charge in [0.05, 0.1) is 12.2 Å². The van der Waals surface area contributed by atoms with E-state index in [9.17, 15) is 18.0 Å². The van der Waals surface area contributed by atoms with Gasteiger partial charge < -0.3 is 4.74 Å². The molecule has 1 atom stereocenters. The van der Waals surface area contributed by atoms with Gasteiger partial charge >= 0.3 is 12.1 Å². The van der Waals surface area contributed by atoms with E-state index in [0.717, 1.165) is 18.6 Å². The lowest BCUT2D eigenvalue weighted by Crippen LogP contribution is -2.48. The van der Waals surface area contributed by atoms with Crippen molar-refractivity contribution in [2.24, 2.45) is 0 Å². The van der Waals surface area contributed by atoms with E-state index in [-0.39, 0.29) is 12.2 Å². The van der Waals surface area contributed by atoms with Crippen LogP contribution in [0.3, 0.4) is 0 Å². The Kier molecular flexibility index (Phi) is 5.78. The standard InChI is InChI=1S/C15H20F3NO2/c1-4-9-19-14(3,13(20)21-5-2)11-7-6-8-12(10-11)15(16,17)18/h6-8,10,19H,4-5,9H2,1-3H3. The van der Waals surface area contributed by atoms with Crippen LogP contribution in [0, 0.1) is 0 Å². The number of alkyl halides is 3. The molecular formula is C15H20F3NO2. The van der Waals surface area contributed by atoms with Crippen molar-refractivity contribution in [3.05, 3.63) is 35.4 Å². The molecule has 0 radical (unpaired) electrons. The highest BCUT2D eigenvalue weighted by Gasteiger charge is 2.38. The summed E-state index contributed by atoms with van der Waals surface area (Å²) in [6.07, 6.45) is -3.70. The summed E-state index contributed by atoms with van der Waals surface area (Å²) in [4.78, 5) is 12.2. The second kappa shape index (κ2) is 6.93. The molecule has 0 saturated heterocycles. The zero-order chi connectivity index (χ0) is 16.1. The highest BCUT2D eigenvalue weighted by molar-refractivity contribution is 5.82. The van der Waals surface area contributed by atoms with E-state index in [1.165, 1.54) is 19.1 Å². The monoisotopic (exact) mass is 303 g/mol. The van der Waals surface area contributed by atoms with Crippen LogP contribution in [0.5, 0.6) is 0 Å². The summed E-state index contributed by atoms with van der Waals surface area (Å²) in [7, 11) is 0. The molecule has 0 fully saturated rings. The van der Waals surface area contributed by atoms with Crippen LogP contribution in [-0.2, 0) is 21.2 Å². The van der Waals surface area contributed by atoms with Crippen molar-refractivity contribution in [1.29, 1.82) is 0 Å². The maximum atomic E-state index is 12.8. The molecule has 1 rings (SSSR count). The number of hydrogen-bond donors (Lipinski definition) is 1. The van der Waals surface area contributed by atoms with Gasteiger partial charge in [0.25, 0.3) is 0 Å². The number of benzene rings is 1. The quantitative estimate of drug-likeness (QED) is 0.818. The molecule has 0 aliphatic rings. The van der Waals surface area contributed by atoms with E-state index < -0.39 is 23.2 Å². The van der Waals surface area contributed by atoms with Crippen LogP contribution < -0.4 is 5.32 Å². The molecule has 0 amide bonds. The Morgan fingerprint density at radius 1 is 1.24 bits per heavy atom. The van der Waals surface area contributed by atoms with Gasteiger partial charge in [-0.25, -0.2) is 4.79 Å². The fourth-order valence-electron chi connectivity index (χ4n) is 1.95. The fraction of sp³-hybridized carbons (Fsp3) is 0.533. The molecule has 1 aromatic carbocycles. The second-order valence-corrected chi connectivity index (χ2v) is 4.85. The minimum absolute atomic E-state index is 0.168. The van der Waals surface area contributed by atoms with Crippen LogP contribution in [0.2, 0.25) is 0 Å². The highest BCUT2D eigenvalue weighted by atomic mass is 19.4. The van der Waals surface area contributed by atoms with Crippen LogP contribution in [0.25, 0.3) is 0 Å². The molecule has 118 valence electrons. The molecule has 0 bridgehead atoms. The summed E-state index contributed by atoms with van der Waals surface area (Å²) in [6.45, 7) is 5.76. The summed E-state index contributed by atoms with van der Waals surface area (Å²) in [6, 6.07) is 4.76. The minimum atomic E-state index is -4.45. The van der Waals surface area contributed by atoms with Gasteiger partial charge in [-0.1, -0.05) is 19.1 Å². The molecule has 1 unspecified atom stereocenters. The third kappa shape index (κ3) is 4.20. The summed E-state index contributed by atoms with van der Waals surface area (Å²) in [5.41, 5.74) is -1.84. The van der Waals surface area contributed by atoms with Gasteiger partial charge in [0.2, 0.25) is 0 Å². The summed E-state index contributed by atoms with van der Waals surface area (Å²) in [5.74, 6) is -0.585. The number of nitrogens with one attached hydrogen (secondary N) is 1. The molecule has 6 heteroatoms. The van der Waals surface area contributed by atoms with Crippen molar-refractivity contribution in [3.63, 3.8) is 0 Å². The number of rotatable bonds is 6. The maximum Gasteiger partial charge on any atom is 0.416 e. The van der Waals surface area contributed by atoms with E-state index in [4.69, 9.17) is 4.74 Å². The van der Waals surface area contributed by atoms with E-state index in [1.807, 2.05) is 6.92 Å². The first-order valence-electron chi connectivity index (χ1n) is 6.85. The topological polar surface area (TPSA) is 38.3 Å². The molecule has 3 nitrogen and oxygen atoms in total. The van der Waals surface area contributed by atoms with Crippen molar-refractivity contribution in [1.82, 2.24) is 5.32 Å². The third-order valence-electron chi connectivity index (χ3n) is 3.18. The fourth-order valence-corrected chi connectivity index (χ4v) is 1.95. The molecule has 0 spiro atoms. The normalized spacial score (nSPS) is 14.6. The number of esters is 1. The molecule has 0 aliphatic heterocycles. The number of carbonyl (C=O) groups excluding carboxylic acids is 1. The molecule has 1 N–H and O–H groups in total. The van der Waals surface area contributed by atoms with E-state index in [0.29, 0.717) is 6.54 Å². The van der Waals surface area contributed by atoms with Crippen LogP contribution in [-0.4, -0.2) is 19.1 Å². The first kappa shape index (κ1) is 17.5. The van der Waals surface area contributed by atoms with E-state index in [2.05, 4.69) is 5.32 Å². The van der Waals surface area contributed by atoms with Crippen LogP contribution >= 0.6 is 0 Å². The average Bonchev–Trinajstić information content (AvgIpc) is 2.44. The third-order valence-corrected chi connectivity index (χ3v) is 3.18. The van der Waals surface area contributed by atoms with Crippen molar-refractivity contribution in [2.45, 2.75) is 38.9 Å². The van der Waals surface area contributed by atoms with Gasteiger partial charge in [0.15, 0.2) is 0 Å². The molecule has 0 aliphatic carbocycles. The first-order chi connectivity index (χ1) is 9.75. The van der Waals surface area contributed by atoms with E-state index in [1.54, 1.807) is 6.92 Å². The molecule has 0 saturated carbocycles. The Balaban J connectivity index is 3.23. The Labute approximate surface area is 122 Å². The van der Waals surface area contributed by atoms with Crippen molar-refractivity contribution < 1.29 is 22.7 Å². The predicted octanol–water partition coefficient (Wildman–Crippen LogP) is 3.48. The van der Waals surface area contributed by atoms with Crippen LogP contribution in [0.15, 0.2) is 24.3 Å². The lowest BCUT2D eigenvalue weighted by Gasteiger charge is -2.29. The zero-order valence-corrected chi connectivity index (χ0v) is 12.4. The summed E-state index contributed by atoms with van der Waals surface area (Å²) >= 11 is 0. The van der Waals surface area contributed by atoms with Crippen molar-refractivity contribution in [2.75, 3.05) is 13.2 Å². The Morgan fingerprint density at radius 3 is 2.38 bits per heavy atom. The Hall–Kier alpha value is -1.56. The number of halogens is 3. The Morgan fingerprint density at radius 2 is 1.86 bits per heavy atom. The number of carbonyl (C=O) groups is 1. The molecule has 21 heavy (non-hydrogen) atoms. The minimum Gasteiger partial charge on any atom is -0.464 e. The van der Waals surface area contributed by atoms with Gasteiger partial charge in [-0.15, -0.1) is 0 Å². The van der Waals surface area contributed by atoms with Gasteiger partial charge in [-0.2, -0.15) is 13.2 Å². The van der Waals surface area contributed by atoms with Gasteiger partial charge in [-0.05, 0) is 44.5 Å². The van der Waals surface area contributed by atoms with Crippen LogP contribution in [0.4, 0.5) is 13.2 Å². The SMILES string of the molecule is CCCNC(C)(C(=O)OCC)c1cccc(C(F)(F)F)c1. The molecule has 0 heterocycles. The number of hydrogen-bond acceptors (Lipinski definition) is 3. The van der Waals surface area contributed by atoms with Crippen LogP contribution in [0.1, 0.15) is 38.3 Å². The smallest absolute Gasteiger partial charge is 0.416 e. The van der Waals surface area contributed by atoms with E-state index >= 15 is 0 Å². The largest absolute Gasteiger partial charge is 0.464 e. The first-order valence-corrected chi connectivity index (χ1v) is 6.85. The van der Waals surface area contributed by atoms with Gasteiger partial charge in [0.1, 0.15) is 5.54 Å². The van der Waals surface area contributed by atoms with Crippen molar-refractivity contribution >= 4 is 5.97 Å². The Bertz CT molecular complexity index is 488. The summed E-state index contributed by atoms with van der Waals surface area (Å²) in [5, 5.41) is 2.98. The van der Waals surface area contributed by atoms with Gasteiger partial charge in [0, 0.05) is 0 Å². The molecule has 1 aromatic rings. The lowest BCUT2D eigenvalue weighted by atomic mass is 9.90.